The Kier molecular flexibility index (Phi) is 4.04. The molecule has 0 spiro atoms. The lowest BCUT2D eigenvalue weighted by Gasteiger charge is -2.13. The topological polar surface area (TPSA) is 61.2 Å². The molecule has 5 nitrogen and oxygen atoms in total. The van der Waals surface area contributed by atoms with Gasteiger partial charge >= 0.3 is 0 Å². The molecule has 2 aromatic carbocycles. The van der Waals surface area contributed by atoms with E-state index >= 15 is 0 Å². The standard InChI is InChI=1S/C16H15ClN2O3S/c1-3-22-15-9-8-12(17)10-16(15)23(20,21)19-11(2)18-13-6-4-5-7-14(13)19/h4-10H,3H2,1-2H3. The molecule has 7 heteroatoms. The number of halogens is 1. The Morgan fingerprint density at radius 2 is 1.96 bits per heavy atom. The Morgan fingerprint density at radius 3 is 2.70 bits per heavy atom. The quantitative estimate of drug-likeness (QED) is 0.720. The SMILES string of the molecule is CCOc1ccc(Cl)cc1S(=O)(=O)n1c(C)nc2ccccc21. The predicted molar refractivity (Wildman–Crippen MR) is 89.7 cm³/mol. The summed E-state index contributed by atoms with van der Waals surface area (Å²) >= 11 is 6.00. The maximum Gasteiger partial charge on any atom is 0.273 e. The van der Waals surface area contributed by atoms with Crippen LogP contribution in [0.3, 0.4) is 0 Å². The number of nitrogens with zero attached hydrogens (tertiary/aromatic N) is 2. The van der Waals surface area contributed by atoms with E-state index in [0.717, 1.165) is 0 Å². The molecule has 0 aliphatic rings. The first-order valence-corrected chi connectivity index (χ1v) is 8.89. The summed E-state index contributed by atoms with van der Waals surface area (Å²) in [5, 5.41) is 0.328. The van der Waals surface area contributed by atoms with E-state index in [9.17, 15) is 8.42 Å². The Morgan fingerprint density at radius 1 is 1.22 bits per heavy atom. The first-order valence-electron chi connectivity index (χ1n) is 7.07. The summed E-state index contributed by atoms with van der Waals surface area (Å²) in [5.41, 5.74) is 1.14. The van der Waals surface area contributed by atoms with Crippen molar-refractivity contribution in [2.45, 2.75) is 18.7 Å². The second kappa shape index (κ2) is 5.86. The van der Waals surface area contributed by atoms with E-state index in [4.69, 9.17) is 16.3 Å². The molecule has 0 fully saturated rings. The Bertz CT molecular complexity index is 980. The zero-order valence-electron chi connectivity index (χ0n) is 12.7. The van der Waals surface area contributed by atoms with Gasteiger partial charge in [-0.2, -0.15) is 0 Å². The minimum atomic E-state index is -3.88. The van der Waals surface area contributed by atoms with Gasteiger partial charge < -0.3 is 4.74 Å². The van der Waals surface area contributed by atoms with Gasteiger partial charge in [0, 0.05) is 5.02 Å². The van der Waals surface area contributed by atoms with E-state index in [-0.39, 0.29) is 10.6 Å². The fraction of sp³-hybridized carbons (Fsp3) is 0.188. The smallest absolute Gasteiger partial charge is 0.273 e. The van der Waals surface area contributed by atoms with Crippen LogP contribution in [0.4, 0.5) is 0 Å². The van der Waals surface area contributed by atoms with Crippen molar-refractivity contribution in [2.24, 2.45) is 0 Å². The van der Waals surface area contributed by atoms with Gasteiger partial charge in [0.2, 0.25) is 0 Å². The second-order valence-corrected chi connectivity index (χ2v) is 7.13. The monoisotopic (exact) mass is 350 g/mol. The molecule has 1 heterocycles. The van der Waals surface area contributed by atoms with E-state index in [1.54, 1.807) is 44.2 Å². The zero-order chi connectivity index (χ0) is 16.6. The van der Waals surface area contributed by atoms with Gasteiger partial charge in [0.25, 0.3) is 10.0 Å². The Balaban J connectivity index is 2.30. The molecule has 0 bridgehead atoms. The highest BCUT2D eigenvalue weighted by Crippen LogP contribution is 2.31. The highest BCUT2D eigenvalue weighted by Gasteiger charge is 2.26. The van der Waals surface area contributed by atoms with Gasteiger partial charge in [0.15, 0.2) is 0 Å². The number of ether oxygens (including phenoxy) is 1. The molecule has 0 saturated heterocycles. The van der Waals surface area contributed by atoms with E-state index in [0.29, 0.717) is 28.5 Å². The van der Waals surface area contributed by atoms with Crippen molar-refractivity contribution in [3.05, 3.63) is 53.3 Å². The number of rotatable bonds is 4. The van der Waals surface area contributed by atoms with Crippen LogP contribution in [-0.2, 0) is 10.0 Å². The number of imidazole rings is 1. The van der Waals surface area contributed by atoms with E-state index < -0.39 is 10.0 Å². The van der Waals surface area contributed by atoms with Crippen molar-refractivity contribution in [3.63, 3.8) is 0 Å². The summed E-state index contributed by atoms with van der Waals surface area (Å²) < 4.78 is 33.0. The molecule has 0 aliphatic carbocycles. The number of benzene rings is 2. The molecule has 0 unspecified atom stereocenters. The molecule has 120 valence electrons. The zero-order valence-corrected chi connectivity index (χ0v) is 14.2. The van der Waals surface area contributed by atoms with Crippen LogP contribution in [0.1, 0.15) is 12.7 Å². The van der Waals surface area contributed by atoms with Crippen LogP contribution in [0.5, 0.6) is 5.75 Å². The number of aryl methyl sites for hydroxylation is 1. The van der Waals surface area contributed by atoms with Gasteiger partial charge in [0.05, 0.1) is 17.6 Å². The molecule has 0 amide bonds. The van der Waals surface area contributed by atoms with Gasteiger partial charge in [0.1, 0.15) is 16.5 Å². The lowest BCUT2D eigenvalue weighted by Crippen LogP contribution is -2.16. The minimum absolute atomic E-state index is 0.0260. The third kappa shape index (κ3) is 2.68. The van der Waals surface area contributed by atoms with Crippen molar-refractivity contribution >= 4 is 32.7 Å². The van der Waals surface area contributed by atoms with Gasteiger partial charge in [-0.3, -0.25) is 0 Å². The molecule has 0 radical (unpaired) electrons. The first-order chi connectivity index (χ1) is 10.9. The third-order valence-electron chi connectivity index (χ3n) is 3.40. The molecule has 1 aromatic heterocycles. The van der Waals surface area contributed by atoms with E-state index in [2.05, 4.69) is 4.98 Å². The molecule has 3 rings (SSSR count). The summed E-state index contributed by atoms with van der Waals surface area (Å²) in [6.45, 7) is 3.80. The second-order valence-electron chi connectivity index (χ2n) is 4.94. The van der Waals surface area contributed by atoms with Crippen LogP contribution >= 0.6 is 11.6 Å². The van der Waals surface area contributed by atoms with Crippen LogP contribution < -0.4 is 4.74 Å². The Labute approximate surface area is 139 Å². The summed E-state index contributed by atoms with van der Waals surface area (Å²) in [7, 11) is -3.88. The Hall–Kier alpha value is -2.05. The molecular formula is C16H15ClN2O3S. The average Bonchev–Trinajstić information content (AvgIpc) is 2.85. The summed E-state index contributed by atoms with van der Waals surface area (Å²) in [6.07, 6.45) is 0. The average molecular weight is 351 g/mol. The largest absolute Gasteiger partial charge is 0.492 e. The molecule has 0 saturated carbocycles. The van der Waals surface area contributed by atoms with Gasteiger partial charge in [-0.05, 0) is 44.2 Å². The van der Waals surface area contributed by atoms with Crippen LogP contribution in [0.2, 0.25) is 5.02 Å². The minimum Gasteiger partial charge on any atom is -0.492 e. The summed E-state index contributed by atoms with van der Waals surface area (Å²) in [6, 6.07) is 11.6. The molecule has 0 aliphatic heterocycles. The van der Waals surface area contributed by atoms with Crippen LogP contribution in [0.15, 0.2) is 47.4 Å². The molecule has 23 heavy (non-hydrogen) atoms. The van der Waals surface area contributed by atoms with Crippen molar-refractivity contribution in [2.75, 3.05) is 6.61 Å². The molecule has 0 N–H and O–H groups in total. The summed E-state index contributed by atoms with van der Waals surface area (Å²) in [4.78, 5) is 4.34. The summed E-state index contributed by atoms with van der Waals surface area (Å²) in [5.74, 6) is 0.655. The first kappa shape index (κ1) is 15.8. The van der Waals surface area contributed by atoms with Crippen molar-refractivity contribution in [1.29, 1.82) is 0 Å². The van der Waals surface area contributed by atoms with Crippen molar-refractivity contribution in [1.82, 2.24) is 8.96 Å². The van der Waals surface area contributed by atoms with Crippen molar-refractivity contribution < 1.29 is 13.2 Å². The number of fused-ring (bicyclic) bond motifs is 1. The number of hydrogen-bond acceptors (Lipinski definition) is 4. The highest BCUT2D eigenvalue weighted by atomic mass is 35.5. The van der Waals surface area contributed by atoms with Gasteiger partial charge in [-0.15, -0.1) is 0 Å². The maximum absolute atomic E-state index is 13.2. The van der Waals surface area contributed by atoms with E-state index in [1.807, 2.05) is 6.07 Å². The lowest BCUT2D eigenvalue weighted by molar-refractivity contribution is 0.331. The van der Waals surface area contributed by atoms with Gasteiger partial charge in [-0.25, -0.2) is 17.4 Å². The number of hydrogen-bond donors (Lipinski definition) is 0. The molecule has 0 atom stereocenters. The van der Waals surface area contributed by atoms with Crippen LogP contribution in [0.25, 0.3) is 11.0 Å². The fourth-order valence-corrected chi connectivity index (χ4v) is 4.38. The predicted octanol–water partition coefficient (Wildman–Crippen LogP) is 3.63. The van der Waals surface area contributed by atoms with Gasteiger partial charge in [-0.1, -0.05) is 23.7 Å². The number of aromatic nitrogens is 2. The highest BCUT2D eigenvalue weighted by molar-refractivity contribution is 7.90. The van der Waals surface area contributed by atoms with Crippen LogP contribution in [-0.4, -0.2) is 24.0 Å². The fourth-order valence-electron chi connectivity index (χ4n) is 2.48. The normalized spacial score (nSPS) is 11.8. The third-order valence-corrected chi connectivity index (χ3v) is 5.45. The van der Waals surface area contributed by atoms with E-state index in [1.165, 1.54) is 10.0 Å². The van der Waals surface area contributed by atoms with Crippen molar-refractivity contribution in [3.8, 4) is 5.75 Å². The molecule has 3 aromatic rings. The molecular weight excluding hydrogens is 336 g/mol. The number of para-hydroxylation sites is 2. The maximum atomic E-state index is 13.2. The van der Waals surface area contributed by atoms with Crippen LogP contribution in [0, 0.1) is 6.92 Å². The lowest BCUT2D eigenvalue weighted by atomic mass is 10.3.